The average molecular weight is 237 g/mol. The van der Waals surface area contributed by atoms with Gasteiger partial charge in [0.1, 0.15) is 11.5 Å². The Morgan fingerprint density at radius 1 is 1.35 bits per heavy atom. The van der Waals surface area contributed by atoms with Crippen LogP contribution in [0.1, 0.15) is 17.2 Å². The normalized spacial score (nSPS) is 12.0. The molecule has 0 fully saturated rings. The fourth-order valence-corrected chi connectivity index (χ4v) is 1.69. The number of hydrogen-bond acceptors (Lipinski definition) is 4. The molecule has 4 heteroatoms. The number of methoxy groups -OCH3 is 2. The third-order valence-electron chi connectivity index (χ3n) is 2.58. The van der Waals surface area contributed by atoms with E-state index in [4.69, 9.17) is 15.2 Å². The van der Waals surface area contributed by atoms with Crippen LogP contribution in [-0.4, -0.2) is 25.9 Å². The van der Waals surface area contributed by atoms with Crippen LogP contribution >= 0.6 is 0 Å². The van der Waals surface area contributed by atoms with E-state index in [2.05, 4.69) is 6.58 Å². The summed E-state index contributed by atoms with van der Waals surface area (Å²) >= 11 is 0. The monoisotopic (exact) mass is 237 g/mol. The van der Waals surface area contributed by atoms with Crippen molar-refractivity contribution in [2.24, 2.45) is 5.73 Å². The fraction of sp³-hybridized carbons (Fsp3) is 0.385. The number of ether oxygens (including phenoxy) is 2. The van der Waals surface area contributed by atoms with Crippen molar-refractivity contribution < 1.29 is 14.6 Å². The molecule has 0 saturated heterocycles. The first-order valence-electron chi connectivity index (χ1n) is 5.41. The van der Waals surface area contributed by atoms with Crippen LogP contribution < -0.4 is 15.2 Å². The highest BCUT2D eigenvalue weighted by Crippen LogP contribution is 2.32. The average Bonchev–Trinajstić information content (AvgIpc) is 2.37. The highest BCUT2D eigenvalue weighted by molar-refractivity contribution is 5.48. The Hall–Kier alpha value is -1.52. The van der Waals surface area contributed by atoms with E-state index >= 15 is 0 Å². The molecule has 0 saturated carbocycles. The predicted octanol–water partition coefficient (Wildman–Crippen LogP) is 1.42. The van der Waals surface area contributed by atoms with E-state index in [-0.39, 0.29) is 6.54 Å². The maximum atomic E-state index is 9.80. The first-order valence-corrected chi connectivity index (χ1v) is 5.41. The van der Waals surface area contributed by atoms with Crippen molar-refractivity contribution in [3.8, 4) is 11.5 Å². The molecule has 1 rings (SSSR count). The lowest BCUT2D eigenvalue weighted by atomic mass is 10.0. The highest BCUT2D eigenvalue weighted by Gasteiger charge is 2.15. The van der Waals surface area contributed by atoms with Gasteiger partial charge in [-0.3, -0.25) is 0 Å². The van der Waals surface area contributed by atoms with Crippen molar-refractivity contribution in [3.63, 3.8) is 0 Å². The van der Waals surface area contributed by atoms with Gasteiger partial charge < -0.3 is 20.3 Å². The minimum Gasteiger partial charge on any atom is -0.496 e. The quantitative estimate of drug-likeness (QED) is 0.734. The maximum absolute atomic E-state index is 9.80. The number of aliphatic hydroxyl groups is 1. The Labute approximate surface area is 102 Å². The number of nitrogens with two attached hydrogens (primary N) is 1. The number of hydrogen-bond donors (Lipinski definition) is 2. The number of aliphatic hydroxyl groups excluding tert-OH is 1. The predicted molar refractivity (Wildman–Crippen MR) is 67.5 cm³/mol. The first-order chi connectivity index (χ1) is 8.17. The van der Waals surface area contributed by atoms with Crippen LogP contribution in [-0.2, 0) is 6.42 Å². The van der Waals surface area contributed by atoms with Gasteiger partial charge in [-0.2, -0.15) is 0 Å². The summed E-state index contributed by atoms with van der Waals surface area (Å²) in [5.41, 5.74) is 7.06. The zero-order valence-electron chi connectivity index (χ0n) is 10.3. The van der Waals surface area contributed by atoms with Crippen molar-refractivity contribution in [1.29, 1.82) is 0 Å². The van der Waals surface area contributed by atoms with Crippen LogP contribution in [0.3, 0.4) is 0 Å². The lowest BCUT2D eigenvalue weighted by Crippen LogP contribution is -2.13. The summed E-state index contributed by atoms with van der Waals surface area (Å²) in [6.45, 7) is 3.83. The van der Waals surface area contributed by atoms with E-state index in [9.17, 15) is 5.11 Å². The molecule has 94 valence electrons. The third-order valence-corrected chi connectivity index (χ3v) is 2.58. The summed E-state index contributed by atoms with van der Waals surface area (Å²) < 4.78 is 10.5. The fourth-order valence-electron chi connectivity index (χ4n) is 1.69. The van der Waals surface area contributed by atoms with Crippen LogP contribution in [0.15, 0.2) is 24.8 Å². The lowest BCUT2D eigenvalue weighted by Gasteiger charge is -2.17. The standard InChI is InChI=1S/C13H19NO3/c1-4-5-9-6-13(17-3)10(11(15)8-14)7-12(9)16-2/h4,6-7,11,15H,1,5,8,14H2,2-3H3. The molecule has 0 amide bonds. The molecule has 0 aromatic heterocycles. The van der Waals surface area contributed by atoms with Crippen molar-refractivity contribution in [3.05, 3.63) is 35.9 Å². The minimum absolute atomic E-state index is 0.139. The summed E-state index contributed by atoms with van der Waals surface area (Å²) in [6, 6.07) is 3.60. The first kappa shape index (κ1) is 13.5. The van der Waals surface area contributed by atoms with E-state index in [1.54, 1.807) is 26.4 Å². The van der Waals surface area contributed by atoms with Gasteiger partial charge in [0.05, 0.1) is 20.3 Å². The molecule has 3 N–H and O–H groups in total. The lowest BCUT2D eigenvalue weighted by molar-refractivity contribution is 0.181. The van der Waals surface area contributed by atoms with Crippen LogP contribution in [0.4, 0.5) is 0 Å². The molecule has 0 radical (unpaired) electrons. The molecular formula is C13H19NO3. The van der Waals surface area contributed by atoms with Crippen molar-refractivity contribution >= 4 is 0 Å². The molecule has 0 aliphatic rings. The molecule has 0 aliphatic carbocycles. The van der Waals surface area contributed by atoms with Gasteiger partial charge in [0, 0.05) is 17.7 Å². The van der Waals surface area contributed by atoms with Crippen LogP contribution in [0.2, 0.25) is 0 Å². The molecule has 0 bridgehead atoms. The van der Waals surface area contributed by atoms with Gasteiger partial charge in [-0.15, -0.1) is 6.58 Å². The summed E-state index contributed by atoms with van der Waals surface area (Å²) in [7, 11) is 3.15. The molecule has 0 aliphatic heterocycles. The van der Waals surface area contributed by atoms with Gasteiger partial charge >= 0.3 is 0 Å². The SMILES string of the molecule is C=CCc1cc(OC)c(C(O)CN)cc1OC. The zero-order chi connectivity index (χ0) is 12.8. The van der Waals surface area contributed by atoms with E-state index in [0.717, 1.165) is 5.56 Å². The van der Waals surface area contributed by atoms with Gasteiger partial charge in [-0.1, -0.05) is 6.08 Å². The van der Waals surface area contributed by atoms with E-state index < -0.39 is 6.10 Å². The molecule has 1 unspecified atom stereocenters. The molecule has 17 heavy (non-hydrogen) atoms. The Morgan fingerprint density at radius 2 is 2.00 bits per heavy atom. The van der Waals surface area contributed by atoms with Crippen molar-refractivity contribution in [1.82, 2.24) is 0 Å². The molecular weight excluding hydrogens is 218 g/mol. The summed E-state index contributed by atoms with van der Waals surface area (Å²) in [5.74, 6) is 1.31. The second-order valence-corrected chi connectivity index (χ2v) is 3.65. The summed E-state index contributed by atoms with van der Waals surface area (Å²) in [5, 5.41) is 9.80. The van der Waals surface area contributed by atoms with Gasteiger partial charge in [-0.25, -0.2) is 0 Å². The minimum atomic E-state index is -0.753. The highest BCUT2D eigenvalue weighted by atomic mass is 16.5. The van der Waals surface area contributed by atoms with Gasteiger partial charge in [0.2, 0.25) is 0 Å². The molecule has 1 atom stereocenters. The van der Waals surface area contributed by atoms with Crippen LogP contribution in [0, 0.1) is 0 Å². The van der Waals surface area contributed by atoms with E-state index in [1.807, 2.05) is 6.07 Å². The Bertz CT molecular complexity index is 390. The van der Waals surface area contributed by atoms with Crippen LogP contribution in [0.5, 0.6) is 11.5 Å². The third kappa shape index (κ3) is 2.99. The second kappa shape index (κ2) is 6.27. The van der Waals surface area contributed by atoms with Crippen LogP contribution in [0.25, 0.3) is 0 Å². The summed E-state index contributed by atoms with van der Waals surface area (Å²) in [6.07, 6.45) is 1.71. The maximum Gasteiger partial charge on any atom is 0.125 e. The second-order valence-electron chi connectivity index (χ2n) is 3.65. The van der Waals surface area contributed by atoms with Gasteiger partial charge in [0.25, 0.3) is 0 Å². The largest absolute Gasteiger partial charge is 0.496 e. The molecule has 1 aromatic carbocycles. The number of benzene rings is 1. The number of allylic oxidation sites excluding steroid dienone is 1. The zero-order valence-corrected chi connectivity index (χ0v) is 10.3. The van der Waals surface area contributed by atoms with Crippen molar-refractivity contribution in [2.75, 3.05) is 20.8 Å². The molecule has 4 nitrogen and oxygen atoms in total. The molecule has 0 spiro atoms. The molecule has 1 aromatic rings. The Morgan fingerprint density at radius 3 is 2.47 bits per heavy atom. The number of rotatable bonds is 6. The van der Waals surface area contributed by atoms with E-state index in [0.29, 0.717) is 23.5 Å². The van der Waals surface area contributed by atoms with Gasteiger partial charge in [0.15, 0.2) is 0 Å². The topological polar surface area (TPSA) is 64.7 Å². The Balaban J connectivity index is 3.26. The summed E-state index contributed by atoms with van der Waals surface area (Å²) in [4.78, 5) is 0. The molecule has 0 heterocycles. The van der Waals surface area contributed by atoms with E-state index in [1.165, 1.54) is 0 Å². The van der Waals surface area contributed by atoms with Crippen molar-refractivity contribution in [2.45, 2.75) is 12.5 Å². The smallest absolute Gasteiger partial charge is 0.125 e. The Kier molecular flexibility index (Phi) is 5.00. The van der Waals surface area contributed by atoms with Gasteiger partial charge in [-0.05, 0) is 18.6 Å².